The number of aromatic nitrogens is 1. The minimum absolute atomic E-state index is 0.0723. The normalized spacial score (nSPS) is 10.5. The Morgan fingerprint density at radius 3 is 2.52 bits per heavy atom. The van der Waals surface area contributed by atoms with Crippen molar-refractivity contribution in [2.45, 2.75) is 20.4 Å². The second-order valence-electron chi connectivity index (χ2n) is 5.12. The molecule has 0 aliphatic rings. The fourth-order valence-electron chi connectivity index (χ4n) is 2.33. The number of methoxy groups -OCH3 is 2. The van der Waals surface area contributed by atoms with Crippen molar-refractivity contribution in [2.24, 2.45) is 0 Å². The molecule has 6 nitrogen and oxygen atoms in total. The highest BCUT2D eigenvalue weighted by atomic mass is 19.1. The van der Waals surface area contributed by atoms with Crippen molar-refractivity contribution in [2.75, 3.05) is 21.3 Å². The van der Waals surface area contributed by atoms with Crippen LogP contribution in [0.4, 0.5) is 4.39 Å². The van der Waals surface area contributed by atoms with E-state index < -0.39 is 11.7 Å². The van der Waals surface area contributed by atoms with E-state index in [1.807, 2.05) is 0 Å². The van der Waals surface area contributed by atoms with Gasteiger partial charge in [0, 0.05) is 12.6 Å². The van der Waals surface area contributed by atoms with E-state index in [1.54, 1.807) is 20.9 Å². The van der Waals surface area contributed by atoms with Gasteiger partial charge in [-0.05, 0) is 26.0 Å². The fraction of sp³-hybridized carbons (Fsp3) is 0.375. The Balaban J connectivity index is 2.36. The number of aryl methyl sites for hydroxylation is 2. The van der Waals surface area contributed by atoms with Crippen molar-refractivity contribution in [1.82, 2.24) is 10.1 Å². The number of benzene rings is 1. The van der Waals surface area contributed by atoms with Gasteiger partial charge in [-0.2, -0.15) is 0 Å². The maximum Gasteiger partial charge on any atom is 0.260 e. The van der Waals surface area contributed by atoms with Crippen LogP contribution in [-0.4, -0.2) is 37.2 Å². The zero-order valence-electron chi connectivity index (χ0n) is 13.8. The summed E-state index contributed by atoms with van der Waals surface area (Å²) in [5.41, 5.74) is 1.32. The molecule has 0 saturated heterocycles. The van der Waals surface area contributed by atoms with E-state index in [2.05, 4.69) is 5.16 Å². The van der Waals surface area contributed by atoms with E-state index >= 15 is 0 Å². The second-order valence-corrected chi connectivity index (χ2v) is 5.12. The first-order valence-electron chi connectivity index (χ1n) is 6.98. The van der Waals surface area contributed by atoms with Crippen molar-refractivity contribution in [3.8, 4) is 11.5 Å². The van der Waals surface area contributed by atoms with Crippen LogP contribution in [0.1, 0.15) is 27.4 Å². The molecule has 0 bridgehead atoms. The molecule has 1 aromatic carbocycles. The third-order valence-corrected chi connectivity index (χ3v) is 3.63. The van der Waals surface area contributed by atoms with Gasteiger partial charge in [-0.15, -0.1) is 0 Å². The molecule has 23 heavy (non-hydrogen) atoms. The van der Waals surface area contributed by atoms with Gasteiger partial charge in [0.15, 0.2) is 11.5 Å². The molecule has 0 aliphatic heterocycles. The van der Waals surface area contributed by atoms with E-state index in [0.29, 0.717) is 17.2 Å². The number of halogens is 1. The van der Waals surface area contributed by atoms with Gasteiger partial charge in [0.25, 0.3) is 5.91 Å². The van der Waals surface area contributed by atoms with Gasteiger partial charge in [-0.1, -0.05) is 5.16 Å². The van der Waals surface area contributed by atoms with E-state index in [-0.39, 0.29) is 17.9 Å². The highest BCUT2D eigenvalue weighted by Crippen LogP contribution is 2.33. The third-order valence-electron chi connectivity index (χ3n) is 3.63. The van der Waals surface area contributed by atoms with Crippen LogP contribution >= 0.6 is 0 Å². The summed E-state index contributed by atoms with van der Waals surface area (Å²) < 4.78 is 29.5. The molecule has 1 aromatic heterocycles. The van der Waals surface area contributed by atoms with Crippen LogP contribution in [0.3, 0.4) is 0 Å². The third kappa shape index (κ3) is 3.13. The molecule has 2 rings (SSSR count). The summed E-state index contributed by atoms with van der Waals surface area (Å²) in [5.74, 6) is -0.192. The first kappa shape index (κ1) is 16.8. The Kier molecular flexibility index (Phi) is 4.88. The molecular formula is C16H19FN2O4. The quantitative estimate of drug-likeness (QED) is 0.847. The lowest BCUT2D eigenvalue weighted by atomic mass is 10.1. The zero-order chi connectivity index (χ0) is 17.1. The SMILES string of the molecule is COc1ccc(F)c(C(=O)N(C)Cc2c(C)noc2C)c1OC. The number of rotatable bonds is 5. The van der Waals surface area contributed by atoms with E-state index in [4.69, 9.17) is 14.0 Å². The van der Waals surface area contributed by atoms with Crippen molar-refractivity contribution < 1.29 is 23.2 Å². The predicted molar refractivity (Wildman–Crippen MR) is 81.3 cm³/mol. The molecule has 0 spiro atoms. The van der Waals surface area contributed by atoms with Crippen LogP contribution in [-0.2, 0) is 6.54 Å². The molecule has 0 unspecified atom stereocenters. The Morgan fingerprint density at radius 1 is 1.30 bits per heavy atom. The summed E-state index contributed by atoms with van der Waals surface area (Å²) in [5, 5.41) is 3.85. The predicted octanol–water partition coefficient (Wildman–Crippen LogP) is 2.72. The van der Waals surface area contributed by atoms with Gasteiger partial charge < -0.3 is 18.9 Å². The van der Waals surface area contributed by atoms with Gasteiger partial charge in [-0.3, -0.25) is 4.79 Å². The molecule has 0 atom stereocenters. The van der Waals surface area contributed by atoms with Gasteiger partial charge in [0.2, 0.25) is 0 Å². The zero-order valence-corrected chi connectivity index (χ0v) is 13.8. The standard InChI is InChI=1S/C16H19FN2O4/c1-9-11(10(2)23-18-9)8-19(3)16(20)14-12(17)6-7-13(21-4)15(14)22-5/h6-7H,8H2,1-5H3. The minimum atomic E-state index is -0.668. The molecule has 124 valence electrons. The van der Waals surface area contributed by atoms with Gasteiger partial charge in [0.1, 0.15) is 17.1 Å². The fourth-order valence-corrected chi connectivity index (χ4v) is 2.33. The lowest BCUT2D eigenvalue weighted by Gasteiger charge is -2.20. The molecule has 1 heterocycles. The topological polar surface area (TPSA) is 64.8 Å². The minimum Gasteiger partial charge on any atom is -0.493 e. The number of amides is 1. The van der Waals surface area contributed by atoms with Gasteiger partial charge in [0.05, 0.1) is 26.5 Å². The highest BCUT2D eigenvalue weighted by molar-refractivity contribution is 5.98. The van der Waals surface area contributed by atoms with Crippen molar-refractivity contribution in [3.05, 3.63) is 40.5 Å². The maximum absolute atomic E-state index is 14.2. The summed E-state index contributed by atoms with van der Waals surface area (Å²) in [4.78, 5) is 14.0. The first-order valence-corrected chi connectivity index (χ1v) is 6.98. The van der Waals surface area contributed by atoms with Crippen molar-refractivity contribution in [3.63, 3.8) is 0 Å². The summed E-state index contributed by atoms with van der Waals surface area (Å²) in [6.45, 7) is 3.80. The van der Waals surface area contributed by atoms with E-state index in [9.17, 15) is 9.18 Å². The van der Waals surface area contributed by atoms with Crippen LogP contribution < -0.4 is 9.47 Å². The number of carbonyl (C=O) groups is 1. The van der Waals surface area contributed by atoms with E-state index in [0.717, 1.165) is 5.56 Å². The maximum atomic E-state index is 14.2. The molecule has 2 aromatic rings. The average molecular weight is 322 g/mol. The summed E-state index contributed by atoms with van der Waals surface area (Å²) in [6.07, 6.45) is 0. The van der Waals surface area contributed by atoms with Crippen molar-refractivity contribution in [1.29, 1.82) is 0 Å². The number of hydrogen-bond donors (Lipinski definition) is 0. The Morgan fingerprint density at radius 2 is 2.00 bits per heavy atom. The highest BCUT2D eigenvalue weighted by Gasteiger charge is 2.25. The number of ether oxygens (including phenoxy) is 2. The number of carbonyl (C=O) groups excluding carboxylic acids is 1. The molecule has 7 heteroatoms. The molecular weight excluding hydrogens is 303 g/mol. The lowest BCUT2D eigenvalue weighted by Crippen LogP contribution is -2.28. The van der Waals surface area contributed by atoms with Crippen LogP contribution in [0, 0.1) is 19.7 Å². The smallest absolute Gasteiger partial charge is 0.260 e. The van der Waals surface area contributed by atoms with Crippen LogP contribution in [0.25, 0.3) is 0 Å². The summed E-state index contributed by atoms with van der Waals surface area (Å²) in [6, 6.07) is 2.59. The Hall–Kier alpha value is -2.57. The van der Waals surface area contributed by atoms with Gasteiger partial charge in [-0.25, -0.2) is 4.39 Å². The number of hydrogen-bond acceptors (Lipinski definition) is 5. The van der Waals surface area contributed by atoms with Crippen LogP contribution in [0.2, 0.25) is 0 Å². The second kappa shape index (κ2) is 6.68. The average Bonchev–Trinajstić information content (AvgIpc) is 2.85. The van der Waals surface area contributed by atoms with Crippen LogP contribution in [0.5, 0.6) is 11.5 Å². The molecule has 0 fully saturated rings. The summed E-state index contributed by atoms with van der Waals surface area (Å²) in [7, 11) is 4.37. The lowest BCUT2D eigenvalue weighted by molar-refractivity contribution is 0.0775. The molecule has 0 N–H and O–H groups in total. The molecule has 1 amide bonds. The Bertz CT molecular complexity index is 708. The van der Waals surface area contributed by atoms with E-state index in [1.165, 1.54) is 31.3 Å². The number of nitrogens with zero attached hydrogens (tertiary/aromatic N) is 2. The van der Waals surface area contributed by atoms with Crippen LogP contribution in [0.15, 0.2) is 16.7 Å². The molecule has 0 radical (unpaired) electrons. The van der Waals surface area contributed by atoms with Crippen molar-refractivity contribution >= 4 is 5.91 Å². The Labute approximate surface area is 133 Å². The van der Waals surface area contributed by atoms with Gasteiger partial charge >= 0.3 is 0 Å². The largest absolute Gasteiger partial charge is 0.493 e. The summed E-state index contributed by atoms with van der Waals surface area (Å²) >= 11 is 0. The molecule has 0 aliphatic carbocycles. The first-order chi connectivity index (χ1) is 10.9. The monoisotopic (exact) mass is 322 g/mol. The molecule has 0 saturated carbocycles.